The average molecular weight is 658 g/mol. The molecule has 0 fully saturated rings. The number of nitrogens with one attached hydrogen (secondary N) is 1. The minimum absolute atomic E-state index is 0.618. The molecule has 2 atom stereocenters. The molecule has 2 nitrogen and oxygen atoms in total. The SMILES string of the molecule is CCCCCCCCCCCCCCCCCC(C)[n+]1cc[nH]c1C(CCCCCC)CCCCCCCCCCCCCCCC. The van der Waals surface area contributed by atoms with Crippen LogP contribution in [0, 0.1) is 0 Å². The van der Waals surface area contributed by atoms with E-state index >= 15 is 0 Å². The number of aromatic nitrogens is 2. The van der Waals surface area contributed by atoms with E-state index in [0.717, 1.165) is 0 Å². The Morgan fingerprint density at radius 2 is 0.681 bits per heavy atom. The van der Waals surface area contributed by atoms with Gasteiger partial charge in [-0.1, -0.05) is 226 Å². The van der Waals surface area contributed by atoms with E-state index in [2.05, 4.69) is 49.6 Å². The molecule has 1 rings (SSSR count). The molecule has 0 aliphatic carbocycles. The zero-order valence-corrected chi connectivity index (χ0v) is 33.2. The molecule has 0 bridgehead atoms. The summed E-state index contributed by atoms with van der Waals surface area (Å²) in [5.41, 5.74) is 0. The Kier molecular flexibility index (Phi) is 33.0. The number of hydrogen-bond acceptors (Lipinski definition) is 0. The lowest BCUT2D eigenvalue weighted by molar-refractivity contribution is -0.727. The van der Waals surface area contributed by atoms with Gasteiger partial charge in [-0.15, -0.1) is 0 Å². The van der Waals surface area contributed by atoms with Crippen molar-refractivity contribution in [2.75, 3.05) is 0 Å². The van der Waals surface area contributed by atoms with Crippen LogP contribution in [-0.4, -0.2) is 4.98 Å². The predicted molar refractivity (Wildman–Crippen MR) is 212 cm³/mol. The lowest BCUT2D eigenvalue weighted by atomic mass is 9.93. The number of H-pyrrole nitrogens is 1. The van der Waals surface area contributed by atoms with Crippen LogP contribution in [0.15, 0.2) is 12.4 Å². The third kappa shape index (κ3) is 26.7. The van der Waals surface area contributed by atoms with Gasteiger partial charge in [-0.25, -0.2) is 9.55 Å². The average Bonchev–Trinajstić information content (AvgIpc) is 3.57. The molecule has 0 saturated heterocycles. The van der Waals surface area contributed by atoms with Gasteiger partial charge in [-0.2, -0.15) is 0 Å². The van der Waals surface area contributed by atoms with Crippen molar-refractivity contribution in [2.45, 2.75) is 271 Å². The van der Waals surface area contributed by atoms with Crippen LogP contribution in [0.5, 0.6) is 0 Å². The first kappa shape index (κ1) is 44.2. The van der Waals surface area contributed by atoms with Crippen molar-refractivity contribution in [3.63, 3.8) is 0 Å². The molecule has 0 saturated carbocycles. The standard InChI is InChI=1S/C45H88N2/c1-5-8-11-14-16-18-20-22-24-25-27-29-31-33-35-38-43(4)47-42-41-46-45(47)44(39-36-13-10-7-3)40-37-34-32-30-28-26-23-21-19-17-15-12-9-6-2/h41-44H,5-40H2,1-4H3/p+1. The van der Waals surface area contributed by atoms with E-state index < -0.39 is 0 Å². The second-order valence-electron chi connectivity index (χ2n) is 15.8. The van der Waals surface area contributed by atoms with Gasteiger partial charge in [0.2, 0.25) is 0 Å². The van der Waals surface area contributed by atoms with Gasteiger partial charge >= 0.3 is 0 Å². The van der Waals surface area contributed by atoms with E-state index in [1.807, 2.05) is 0 Å². The van der Waals surface area contributed by atoms with Crippen molar-refractivity contribution in [3.05, 3.63) is 18.2 Å². The fraction of sp³-hybridized carbons (Fsp3) is 0.933. The summed E-state index contributed by atoms with van der Waals surface area (Å²) in [5, 5.41) is 0. The molecule has 2 heteroatoms. The van der Waals surface area contributed by atoms with E-state index in [1.165, 1.54) is 237 Å². The molecule has 1 N–H and O–H groups in total. The van der Waals surface area contributed by atoms with Gasteiger partial charge in [0, 0.05) is 0 Å². The van der Waals surface area contributed by atoms with Gasteiger partial charge in [0.25, 0.3) is 5.82 Å². The van der Waals surface area contributed by atoms with Crippen LogP contribution in [0.2, 0.25) is 0 Å². The molecular formula is C45H89N2+. The van der Waals surface area contributed by atoms with Gasteiger partial charge in [-0.05, 0) is 32.6 Å². The highest BCUT2D eigenvalue weighted by Crippen LogP contribution is 2.27. The number of nitrogens with zero attached hydrogens (tertiary/aromatic N) is 1. The normalized spacial score (nSPS) is 13.0. The lowest BCUT2D eigenvalue weighted by Crippen LogP contribution is -2.41. The van der Waals surface area contributed by atoms with Crippen LogP contribution in [0.25, 0.3) is 0 Å². The van der Waals surface area contributed by atoms with Crippen molar-refractivity contribution in [1.82, 2.24) is 4.98 Å². The Bertz CT molecular complexity index is 723. The van der Waals surface area contributed by atoms with E-state index in [9.17, 15) is 0 Å². The highest BCUT2D eigenvalue weighted by atomic mass is 15.1. The molecule has 0 aromatic carbocycles. The quantitative estimate of drug-likeness (QED) is 0.0539. The molecule has 278 valence electrons. The maximum absolute atomic E-state index is 3.74. The monoisotopic (exact) mass is 658 g/mol. The van der Waals surface area contributed by atoms with Crippen molar-refractivity contribution in [3.8, 4) is 0 Å². The summed E-state index contributed by atoms with van der Waals surface area (Å²) < 4.78 is 2.64. The smallest absolute Gasteiger partial charge is 0.247 e. The van der Waals surface area contributed by atoms with Gasteiger partial charge in [0.05, 0.1) is 12.0 Å². The molecule has 0 radical (unpaired) electrons. The first-order valence-electron chi connectivity index (χ1n) is 22.3. The topological polar surface area (TPSA) is 19.7 Å². The van der Waals surface area contributed by atoms with Crippen LogP contribution in [0.3, 0.4) is 0 Å². The summed E-state index contributed by atoms with van der Waals surface area (Å²) in [5.74, 6) is 2.24. The molecule has 1 aromatic rings. The lowest BCUT2D eigenvalue weighted by Gasteiger charge is -2.17. The highest BCUT2D eigenvalue weighted by molar-refractivity contribution is 4.90. The first-order valence-corrected chi connectivity index (χ1v) is 22.3. The zero-order valence-electron chi connectivity index (χ0n) is 33.2. The second kappa shape index (κ2) is 35.1. The summed E-state index contributed by atoms with van der Waals surface area (Å²) in [4.78, 5) is 3.74. The maximum Gasteiger partial charge on any atom is 0.257 e. The van der Waals surface area contributed by atoms with E-state index in [0.29, 0.717) is 12.0 Å². The Labute approximate surface area is 297 Å². The van der Waals surface area contributed by atoms with Gasteiger partial charge in [-0.3, -0.25) is 0 Å². The molecular weight excluding hydrogens is 569 g/mol. The fourth-order valence-corrected chi connectivity index (χ4v) is 7.84. The van der Waals surface area contributed by atoms with Gasteiger partial charge < -0.3 is 0 Å². The Morgan fingerprint density at radius 3 is 1.02 bits per heavy atom. The Hall–Kier alpha value is -0.790. The number of rotatable bonds is 38. The predicted octanol–water partition coefficient (Wildman–Crippen LogP) is 16.1. The minimum atomic E-state index is 0.618. The van der Waals surface area contributed by atoms with E-state index in [4.69, 9.17) is 0 Å². The Morgan fingerprint density at radius 1 is 0.404 bits per heavy atom. The molecule has 2 unspecified atom stereocenters. The summed E-state index contributed by atoms with van der Waals surface area (Å²) in [6, 6.07) is 0.618. The summed E-state index contributed by atoms with van der Waals surface area (Å²) in [7, 11) is 0. The highest BCUT2D eigenvalue weighted by Gasteiger charge is 2.25. The summed E-state index contributed by atoms with van der Waals surface area (Å²) in [6.07, 6.45) is 56.2. The number of imidazole rings is 1. The number of aromatic amines is 1. The van der Waals surface area contributed by atoms with Gasteiger partial charge in [0.1, 0.15) is 12.4 Å². The fourth-order valence-electron chi connectivity index (χ4n) is 7.84. The zero-order chi connectivity index (χ0) is 33.9. The minimum Gasteiger partial charge on any atom is -0.247 e. The largest absolute Gasteiger partial charge is 0.257 e. The summed E-state index contributed by atoms with van der Waals surface area (Å²) >= 11 is 0. The van der Waals surface area contributed by atoms with Crippen LogP contribution >= 0.6 is 0 Å². The van der Waals surface area contributed by atoms with Crippen LogP contribution < -0.4 is 4.57 Å². The van der Waals surface area contributed by atoms with Crippen molar-refractivity contribution >= 4 is 0 Å². The van der Waals surface area contributed by atoms with Gasteiger partial charge in [0.15, 0.2) is 0 Å². The van der Waals surface area contributed by atoms with Crippen molar-refractivity contribution < 1.29 is 4.57 Å². The number of hydrogen-bond donors (Lipinski definition) is 1. The first-order chi connectivity index (χ1) is 23.2. The summed E-state index contributed by atoms with van der Waals surface area (Å²) in [6.45, 7) is 9.44. The molecule has 0 spiro atoms. The molecule has 1 heterocycles. The molecule has 47 heavy (non-hydrogen) atoms. The van der Waals surface area contributed by atoms with Crippen LogP contribution in [-0.2, 0) is 0 Å². The maximum atomic E-state index is 3.74. The molecule has 0 amide bonds. The van der Waals surface area contributed by atoms with Crippen molar-refractivity contribution in [2.24, 2.45) is 0 Å². The van der Waals surface area contributed by atoms with E-state index in [-0.39, 0.29) is 0 Å². The Balaban J connectivity index is 2.22. The molecule has 0 aliphatic heterocycles. The molecule has 1 aromatic heterocycles. The van der Waals surface area contributed by atoms with Crippen molar-refractivity contribution in [1.29, 1.82) is 0 Å². The molecule has 0 aliphatic rings. The second-order valence-corrected chi connectivity index (χ2v) is 15.8. The third-order valence-electron chi connectivity index (χ3n) is 11.1. The van der Waals surface area contributed by atoms with E-state index in [1.54, 1.807) is 0 Å². The van der Waals surface area contributed by atoms with Crippen LogP contribution in [0.4, 0.5) is 0 Å². The third-order valence-corrected chi connectivity index (χ3v) is 11.1. The van der Waals surface area contributed by atoms with Crippen LogP contribution in [0.1, 0.15) is 277 Å². The number of unbranched alkanes of at least 4 members (excludes halogenated alkanes) is 30.